The van der Waals surface area contributed by atoms with Gasteiger partial charge in [-0.3, -0.25) is 0 Å². The molecule has 0 aliphatic rings. The van der Waals surface area contributed by atoms with E-state index >= 15 is 0 Å². The number of hydrogen-bond acceptors (Lipinski definition) is 3. The first kappa shape index (κ1) is 33.4. The van der Waals surface area contributed by atoms with E-state index in [0.29, 0.717) is 0 Å². The fourth-order valence-electron chi connectivity index (χ4n) is 6.20. The Morgan fingerprint density at radius 2 is 0.510 bits per heavy atom. The molecule has 0 amide bonds. The second-order valence-corrected chi connectivity index (χ2v) is 13.5. The van der Waals surface area contributed by atoms with Gasteiger partial charge < -0.3 is 16.0 Å². The van der Waals surface area contributed by atoms with E-state index in [1.54, 1.807) is 0 Å². The molecule has 7 aromatic rings. The molecule has 0 radical (unpaired) electrons. The molecule has 0 saturated heterocycles. The van der Waals surface area contributed by atoms with Crippen molar-refractivity contribution >= 4 is 17.1 Å². The molecular weight excluding hydrogens is 619 g/mol. The molecule has 252 valence electrons. The summed E-state index contributed by atoms with van der Waals surface area (Å²) >= 11 is 0. The summed E-state index contributed by atoms with van der Waals surface area (Å²) in [5.74, 6) is 0. The first-order valence-corrected chi connectivity index (χ1v) is 17.8. The zero-order valence-corrected chi connectivity index (χ0v) is 29.7. The normalized spacial score (nSPS) is 10.9. The zero-order valence-electron chi connectivity index (χ0n) is 29.7. The van der Waals surface area contributed by atoms with Crippen molar-refractivity contribution < 1.29 is 0 Å². The molecule has 0 saturated carbocycles. The largest absolute Gasteiger partial charge is 0.381 e. The van der Waals surface area contributed by atoms with Gasteiger partial charge in [-0.25, -0.2) is 0 Å². The van der Waals surface area contributed by atoms with Crippen LogP contribution in [0.25, 0.3) is 33.4 Å². The summed E-state index contributed by atoms with van der Waals surface area (Å²) in [6.45, 7) is 8.75. The van der Waals surface area contributed by atoms with Crippen LogP contribution in [0.2, 0.25) is 0 Å². The number of nitrogens with one attached hydrogen (secondary N) is 3. The molecule has 3 heteroatoms. The third kappa shape index (κ3) is 8.95. The Hall–Kier alpha value is -6.06. The second-order valence-electron chi connectivity index (χ2n) is 13.5. The fourth-order valence-corrected chi connectivity index (χ4v) is 6.20. The summed E-state index contributed by atoms with van der Waals surface area (Å²) in [7, 11) is 0. The average Bonchev–Trinajstić information content (AvgIpc) is 3.18. The number of hydrogen-bond donors (Lipinski definition) is 3. The van der Waals surface area contributed by atoms with Crippen molar-refractivity contribution in [1.82, 2.24) is 0 Å². The van der Waals surface area contributed by atoms with Crippen LogP contribution < -0.4 is 16.0 Å². The lowest BCUT2D eigenvalue weighted by Crippen LogP contribution is -1.99. The van der Waals surface area contributed by atoms with Crippen LogP contribution in [0.1, 0.15) is 33.4 Å². The monoisotopic (exact) mass is 663 g/mol. The van der Waals surface area contributed by atoms with Crippen molar-refractivity contribution in [2.24, 2.45) is 0 Å². The zero-order chi connectivity index (χ0) is 35.0. The Morgan fingerprint density at radius 1 is 0.275 bits per heavy atom. The van der Waals surface area contributed by atoms with E-state index in [1.807, 2.05) is 0 Å². The predicted molar refractivity (Wildman–Crippen MR) is 218 cm³/mol. The van der Waals surface area contributed by atoms with Gasteiger partial charge in [0.2, 0.25) is 0 Å². The summed E-state index contributed by atoms with van der Waals surface area (Å²) in [5, 5.41) is 10.7. The molecule has 3 N–H and O–H groups in total. The minimum Gasteiger partial charge on any atom is -0.381 e. The average molecular weight is 664 g/mol. The van der Waals surface area contributed by atoms with E-state index < -0.39 is 0 Å². The van der Waals surface area contributed by atoms with Gasteiger partial charge in [0.05, 0.1) is 0 Å². The summed E-state index contributed by atoms with van der Waals surface area (Å²) in [6.07, 6.45) is 0. The third-order valence-corrected chi connectivity index (χ3v) is 9.44. The van der Waals surface area contributed by atoms with Gasteiger partial charge in [0.25, 0.3) is 0 Å². The molecule has 0 heterocycles. The molecule has 0 bridgehead atoms. The predicted octanol–water partition coefficient (Wildman–Crippen LogP) is 12.4. The van der Waals surface area contributed by atoms with Crippen LogP contribution in [-0.4, -0.2) is 0 Å². The van der Waals surface area contributed by atoms with E-state index in [0.717, 1.165) is 36.7 Å². The number of rotatable bonds is 12. The molecule has 0 unspecified atom stereocenters. The van der Waals surface area contributed by atoms with E-state index in [2.05, 4.69) is 201 Å². The van der Waals surface area contributed by atoms with E-state index in [4.69, 9.17) is 0 Å². The Morgan fingerprint density at radius 3 is 0.745 bits per heavy atom. The van der Waals surface area contributed by atoms with Gasteiger partial charge in [-0.2, -0.15) is 0 Å². The molecular formula is C48H45N3. The third-order valence-electron chi connectivity index (χ3n) is 9.44. The summed E-state index contributed by atoms with van der Waals surface area (Å²) in [5.41, 5.74) is 18.1. The first-order chi connectivity index (χ1) is 24.9. The summed E-state index contributed by atoms with van der Waals surface area (Å²) in [6, 6.07) is 59.4. The highest BCUT2D eigenvalue weighted by Gasteiger charge is 2.09. The first-order valence-electron chi connectivity index (χ1n) is 17.8. The van der Waals surface area contributed by atoms with Crippen molar-refractivity contribution in [2.45, 2.75) is 40.4 Å². The quantitative estimate of drug-likeness (QED) is 0.122. The highest BCUT2D eigenvalue weighted by molar-refractivity contribution is 5.82. The van der Waals surface area contributed by atoms with Gasteiger partial charge >= 0.3 is 0 Å². The van der Waals surface area contributed by atoms with Crippen molar-refractivity contribution in [3.8, 4) is 33.4 Å². The van der Waals surface area contributed by atoms with Crippen LogP contribution >= 0.6 is 0 Å². The maximum atomic E-state index is 3.58. The van der Waals surface area contributed by atoms with Crippen LogP contribution in [0.15, 0.2) is 164 Å². The SMILES string of the molecule is Cc1ccc(CNc2ccc(-c3cc(-c4ccc(NCc5ccc(C)cc5)cc4)cc(-c4ccc(NCc5ccc(C)cc5)cc4)c3)cc2)cc1. The molecule has 0 aliphatic heterocycles. The molecule has 0 aliphatic carbocycles. The molecule has 0 aromatic heterocycles. The Labute approximate surface area is 303 Å². The number of anilines is 3. The Bertz CT molecular complexity index is 1900. The Kier molecular flexibility index (Phi) is 10.3. The van der Waals surface area contributed by atoms with Crippen molar-refractivity contribution in [3.63, 3.8) is 0 Å². The van der Waals surface area contributed by atoms with Gasteiger partial charge in [-0.1, -0.05) is 126 Å². The van der Waals surface area contributed by atoms with E-state index in [-0.39, 0.29) is 0 Å². The number of aryl methyl sites for hydroxylation is 3. The van der Waals surface area contributed by atoms with Gasteiger partial charge in [0.1, 0.15) is 0 Å². The van der Waals surface area contributed by atoms with Gasteiger partial charge in [0.15, 0.2) is 0 Å². The van der Waals surface area contributed by atoms with E-state index in [1.165, 1.54) is 66.8 Å². The van der Waals surface area contributed by atoms with Crippen LogP contribution in [0.3, 0.4) is 0 Å². The van der Waals surface area contributed by atoms with Crippen LogP contribution in [0, 0.1) is 20.8 Å². The maximum Gasteiger partial charge on any atom is 0.0400 e. The lowest BCUT2D eigenvalue weighted by Gasteiger charge is -2.14. The maximum absolute atomic E-state index is 3.58. The van der Waals surface area contributed by atoms with Crippen LogP contribution in [0.5, 0.6) is 0 Å². The topological polar surface area (TPSA) is 36.1 Å². The molecule has 3 nitrogen and oxygen atoms in total. The second kappa shape index (κ2) is 15.7. The van der Waals surface area contributed by atoms with Gasteiger partial charge in [-0.15, -0.1) is 0 Å². The Balaban J connectivity index is 1.12. The molecule has 51 heavy (non-hydrogen) atoms. The molecule has 7 aromatic carbocycles. The lowest BCUT2D eigenvalue weighted by molar-refractivity contribution is 1.14. The van der Waals surface area contributed by atoms with Crippen molar-refractivity contribution in [2.75, 3.05) is 16.0 Å². The van der Waals surface area contributed by atoms with Gasteiger partial charge in [0, 0.05) is 36.7 Å². The molecule has 7 rings (SSSR count). The van der Waals surface area contributed by atoms with Crippen LogP contribution in [0.4, 0.5) is 17.1 Å². The smallest absolute Gasteiger partial charge is 0.0400 e. The van der Waals surface area contributed by atoms with Crippen LogP contribution in [-0.2, 0) is 19.6 Å². The highest BCUT2D eigenvalue weighted by atomic mass is 14.9. The highest BCUT2D eigenvalue weighted by Crippen LogP contribution is 2.34. The van der Waals surface area contributed by atoms with E-state index in [9.17, 15) is 0 Å². The summed E-state index contributed by atoms with van der Waals surface area (Å²) in [4.78, 5) is 0. The number of benzene rings is 7. The van der Waals surface area contributed by atoms with Crippen molar-refractivity contribution in [1.29, 1.82) is 0 Å². The van der Waals surface area contributed by atoms with Crippen molar-refractivity contribution in [3.05, 3.63) is 197 Å². The molecule has 0 atom stereocenters. The lowest BCUT2D eigenvalue weighted by atomic mass is 9.93. The molecule has 0 spiro atoms. The fraction of sp³-hybridized carbons (Fsp3) is 0.125. The molecule has 0 fully saturated rings. The standard InChI is InChI=1S/C48H45N3/c1-34-4-10-37(11-5-34)31-49-46-22-16-40(17-23-46)43-28-44(41-18-24-47(25-19-41)50-32-38-12-6-35(2)7-13-38)30-45(29-43)42-20-26-48(27-21-42)51-33-39-14-8-36(3)9-15-39/h4-30,49-51H,31-33H2,1-3H3. The minimum absolute atomic E-state index is 0.797. The van der Waals surface area contributed by atoms with Gasteiger partial charge in [-0.05, 0) is 125 Å². The minimum atomic E-state index is 0.797. The summed E-state index contributed by atoms with van der Waals surface area (Å²) < 4.78 is 0.